The fourth-order valence-corrected chi connectivity index (χ4v) is 3.07. The van der Waals surface area contributed by atoms with Gasteiger partial charge in [0.2, 0.25) is 0 Å². The number of carbonyl (C=O) groups excluding carboxylic acids is 2. The SMILES string of the molecule is CCCCCN1CC2=C(C1=O)[C@H](c1ccc(F)cc1)NC(=O)N2. The Balaban J connectivity index is 1.84. The Hall–Kier alpha value is -2.37. The number of nitrogens with one attached hydrogen (secondary N) is 2. The molecular formula is C17H20FN3O2. The third-order valence-corrected chi connectivity index (χ3v) is 4.26. The zero-order chi connectivity index (χ0) is 16.4. The van der Waals surface area contributed by atoms with Gasteiger partial charge in [0, 0.05) is 6.54 Å². The van der Waals surface area contributed by atoms with Crippen molar-refractivity contribution in [1.29, 1.82) is 0 Å². The van der Waals surface area contributed by atoms with Crippen LogP contribution >= 0.6 is 0 Å². The standard InChI is InChI=1S/C17H20FN3O2/c1-2-3-4-9-21-10-13-14(16(21)22)15(20-17(23)19-13)11-5-7-12(18)8-6-11/h5-8,15H,2-4,9-10H2,1H3,(H2,19,20,23)/t15-/m0/s1. The van der Waals surface area contributed by atoms with E-state index in [0.29, 0.717) is 29.9 Å². The van der Waals surface area contributed by atoms with Gasteiger partial charge in [0.25, 0.3) is 5.91 Å². The van der Waals surface area contributed by atoms with E-state index in [9.17, 15) is 14.0 Å². The van der Waals surface area contributed by atoms with Crippen LogP contribution in [-0.4, -0.2) is 29.9 Å². The third kappa shape index (κ3) is 3.06. The van der Waals surface area contributed by atoms with Gasteiger partial charge in [0.05, 0.1) is 23.9 Å². The van der Waals surface area contributed by atoms with Crippen LogP contribution in [-0.2, 0) is 4.79 Å². The first-order valence-corrected chi connectivity index (χ1v) is 7.95. The highest BCUT2D eigenvalue weighted by Crippen LogP contribution is 2.32. The summed E-state index contributed by atoms with van der Waals surface area (Å²) in [6, 6.07) is 5.01. The summed E-state index contributed by atoms with van der Waals surface area (Å²) in [6.45, 7) is 3.23. The van der Waals surface area contributed by atoms with E-state index in [-0.39, 0.29) is 17.8 Å². The molecule has 5 nitrogen and oxygen atoms in total. The molecule has 3 rings (SSSR count). The van der Waals surface area contributed by atoms with Gasteiger partial charge < -0.3 is 15.5 Å². The van der Waals surface area contributed by atoms with E-state index in [1.807, 2.05) is 0 Å². The summed E-state index contributed by atoms with van der Waals surface area (Å²) in [5.41, 5.74) is 1.93. The highest BCUT2D eigenvalue weighted by atomic mass is 19.1. The number of halogens is 1. The number of amides is 3. The molecule has 0 radical (unpaired) electrons. The van der Waals surface area contributed by atoms with Crippen LogP contribution in [0.5, 0.6) is 0 Å². The Morgan fingerprint density at radius 2 is 1.96 bits per heavy atom. The molecule has 0 aromatic heterocycles. The fourth-order valence-electron chi connectivity index (χ4n) is 3.07. The lowest BCUT2D eigenvalue weighted by Gasteiger charge is -2.25. The second kappa shape index (κ2) is 6.40. The molecule has 1 atom stereocenters. The monoisotopic (exact) mass is 317 g/mol. The molecule has 3 amide bonds. The van der Waals surface area contributed by atoms with Gasteiger partial charge in [-0.2, -0.15) is 0 Å². The molecule has 2 aliphatic heterocycles. The van der Waals surface area contributed by atoms with Crippen molar-refractivity contribution in [2.24, 2.45) is 0 Å². The van der Waals surface area contributed by atoms with Crippen LogP contribution in [0.25, 0.3) is 0 Å². The number of hydrogen-bond donors (Lipinski definition) is 2. The molecule has 0 unspecified atom stereocenters. The lowest BCUT2D eigenvalue weighted by atomic mass is 9.96. The quantitative estimate of drug-likeness (QED) is 0.820. The Morgan fingerprint density at radius 3 is 2.65 bits per heavy atom. The number of benzene rings is 1. The molecule has 0 aliphatic carbocycles. The zero-order valence-corrected chi connectivity index (χ0v) is 13.1. The number of urea groups is 1. The first-order valence-electron chi connectivity index (χ1n) is 7.95. The predicted octanol–water partition coefficient (Wildman–Crippen LogP) is 2.47. The Morgan fingerprint density at radius 1 is 1.22 bits per heavy atom. The lowest BCUT2D eigenvalue weighted by Crippen LogP contribution is -2.44. The van der Waals surface area contributed by atoms with Gasteiger partial charge in [-0.25, -0.2) is 9.18 Å². The van der Waals surface area contributed by atoms with Gasteiger partial charge in [-0.3, -0.25) is 4.79 Å². The van der Waals surface area contributed by atoms with Crippen LogP contribution in [0.4, 0.5) is 9.18 Å². The summed E-state index contributed by atoms with van der Waals surface area (Å²) in [7, 11) is 0. The van der Waals surface area contributed by atoms with E-state index in [4.69, 9.17) is 0 Å². The summed E-state index contributed by atoms with van der Waals surface area (Å²) in [6.07, 6.45) is 3.11. The third-order valence-electron chi connectivity index (χ3n) is 4.26. The molecule has 1 aromatic carbocycles. The average Bonchev–Trinajstić information content (AvgIpc) is 2.84. The second-order valence-corrected chi connectivity index (χ2v) is 5.91. The van der Waals surface area contributed by atoms with Crippen molar-refractivity contribution in [3.05, 3.63) is 46.9 Å². The van der Waals surface area contributed by atoms with Crippen molar-refractivity contribution >= 4 is 11.9 Å². The van der Waals surface area contributed by atoms with E-state index in [1.54, 1.807) is 17.0 Å². The highest BCUT2D eigenvalue weighted by Gasteiger charge is 2.39. The molecule has 0 saturated carbocycles. The summed E-state index contributed by atoms with van der Waals surface area (Å²) in [5.74, 6) is -0.403. The minimum Gasteiger partial charge on any atom is -0.333 e. The second-order valence-electron chi connectivity index (χ2n) is 5.91. The number of hydrogen-bond acceptors (Lipinski definition) is 2. The van der Waals surface area contributed by atoms with Crippen molar-refractivity contribution < 1.29 is 14.0 Å². The average molecular weight is 317 g/mol. The smallest absolute Gasteiger partial charge is 0.319 e. The molecule has 2 N–H and O–H groups in total. The van der Waals surface area contributed by atoms with Gasteiger partial charge in [-0.1, -0.05) is 31.9 Å². The van der Waals surface area contributed by atoms with Gasteiger partial charge in [0.1, 0.15) is 5.82 Å². The molecule has 122 valence electrons. The predicted molar refractivity (Wildman–Crippen MR) is 83.9 cm³/mol. The maximum Gasteiger partial charge on any atom is 0.319 e. The Bertz CT molecular complexity index is 654. The number of carbonyl (C=O) groups is 2. The zero-order valence-electron chi connectivity index (χ0n) is 13.1. The topological polar surface area (TPSA) is 61.4 Å². The summed E-state index contributed by atoms with van der Waals surface area (Å²) in [5, 5.41) is 5.50. The maximum absolute atomic E-state index is 13.1. The van der Waals surface area contributed by atoms with Crippen molar-refractivity contribution in [2.45, 2.75) is 32.2 Å². The van der Waals surface area contributed by atoms with E-state index >= 15 is 0 Å². The number of nitrogens with zero attached hydrogens (tertiary/aromatic N) is 1. The summed E-state index contributed by atoms with van der Waals surface area (Å²) < 4.78 is 13.1. The number of rotatable bonds is 5. The molecule has 23 heavy (non-hydrogen) atoms. The molecule has 1 aromatic rings. The molecule has 0 saturated heterocycles. The molecule has 6 heteroatoms. The normalized spacial score (nSPS) is 20.4. The van der Waals surface area contributed by atoms with Crippen molar-refractivity contribution in [3.8, 4) is 0 Å². The largest absolute Gasteiger partial charge is 0.333 e. The van der Waals surface area contributed by atoms with Crippen LogP contribution in [0.3, 0.4) is 0 Å². The van der Waals surface area contributed by atoms with Crippen molar-refractivity contribution in [1.82, 2.24) is 15.5 Å². The molecule has 0 spiro atoms. The van der Waals surface area contributed by atoms with Gasteiger partial charge >= 0.3 is 6.03 Å². The fraction of sp³-hybridized carbons (Fsp3) is 0.412. The van der Waals surface area contributed by atoms with Gasteiger partial charge in [-0.15, -0.1) is 0 Å². The molecular weight excluding hydrogens is 297 g/mol. The van der Waals surface area contributed by atoms with Crippen LogP contribution < -0.4 is 10.6 Å². The van der Waals surface area contributed by atoms with E-state index in [1.165, 1.54) is 12.1 Å². The van der Waals surface area contributed by atoms with Crippen LogP contribution in [0, 0.1) is 5.82 Å². The van der Waals surface area contributed by atoms with Crippen LogP contribution in [0.1, 0.15) is 37.8 Å². The molecule has 2 heterocycles. The minimum atomic E-state index is -0.525. The minimum absolute atomic E-state index is 0.0575. The molecule has 2 aliphatic rings. The maximum atomic E-state index is 13.1. The Kier molecular flexibility index (Phi) is 4.32. The first-order chi connectivity index (χ1) is 11.1. The highest BCUT2D eigenvalue weighted by molar-refractivity contribution is 6.01. The lowest BCUT2D eigenvalue weighted by molar-refractivity contribution is -0.125. The Labute approximate surface area is 134 Å². The molecule has 0 bridgehead atoms. The first kappa shape index (κ1) is 15.5. The molecule has 0 fully saturated rings. The van der Waals surface area contributed by atoms with E-state index in [2.05, 4.69) is 17.6 Å². The number of unbranched alkanes of at least 4 members (excludes halogenated alkanes) is 2. The van der Waals surface area contributed by atoms with Gasteiger partial charge in [-0.05, 0) is 24.1 Å². The van der Waals surface area contributed by atoms with Crippen LogP contribution in [0.15, 0.2) is 35.5 Å². The van der Waals surface area contributed by atoms with E-state index < -0.39 is 6.04 Å². The summed E-state index contributed by atoms with van der Waals surface area (Å²) in [4.78, 5) is 26.3. The summed E-state index contributed by atoms with van der Waals surface area (Å²) >= 11 is 0. The van der Waals surface area contributed by atoms with E-state index in [0.717, 1.165) is 19.3 Å². The van der Waals surface area contributed by atoms with Crippen molar-refractivity contribution in [2.75, 3.05) is 13.1 Å². The van der Waals surface area contributed by atoms with Crippen LogP contribution in [0.2, 0.25) is 0 Å². The van der Waals surface area contributed by atoms with Crippen molar-refractivity contribution in [3.63, 3.8) is 0 Å². The van der Waals surface area contributed by atoms with Gasteiger partial charge in [0.15, 0.2) is 0 Å².